The molecule has 0 unspecified atom stereocenters. The number of nitrogens with zero attached hydrogens (tertiary/aromatic N) is 3. The Bertz CT molecular complexity index is 257. The monoisotopic (exact) mass is 175 g/mol. The highest BCUT2D eigenvalue weighted by molar-refractivity contribution is 6.38. The lowest BCUT2D eigenvalue weighted by Crippen LogP contribution is -2.10. The molecule has 0 saturated carbocycles. The highest BCUT2D eigenvalue weighted by Crippen LogP contribution is 2.06. The first kappa shape index (κ1) is 9.63. The van der Waals surface area contributed by atoms with E-state index in [1.807, 2.05) is 6.82 Å². The van der Waals surface area contributed by atoms with Crippen molar-refractivity contribution < 1.29 is 0 Å². The summed E-state index contributed by atoms with van der Waals surface area (Å²) in [6.45, 7) is 1.83. The Labute approximate surface area is 78.7 Å². The maximum Gasteiger partial charge on any atom is 0.243 e. The van der Waals surface area contributed by atoms with Gasteiger partial charge in [0.15, 0.2) is 0 Å². The maximum absolute atomic E-state index is 5.17. The average molecular weight is 175 g/mol. The summed E-state index contributed by atoms with van der Waals surface area (Å²) < 4.78 is 0. The fourth-order valence-corrected chi connectivity index (χ4v) is 0.746. The molecule has 65 valence electrons. The van der Waals surface area contributed by atoms with Crippen LogP contribution in [0.3, 0.4) is 0 Å². The topological polar surface area (TPSA) is 74.8 Å². The van der Waals surface area contributed by atoms with E-state index < -0.39 is 0 Å². The van der Waals surface area contributed by atoms with Crippen LogP contribution in [0.15, 0.2) is 0 Å². The molecule has 0 fully saturated rings. The van der Waals surface area contributed by atoms with E-state index >= 15 is 0 Å². The number of hydrogen-bond donors (Lipinski definition) is 3. The predicted molar refractivity (Wildman–Crippen MR) is 54.0 cm³/mol. The second-order valence-electron chi connectivity index (χ2n) is 2.13. The largest absolute Gasteiger partial charge is 0.407 e. The van der Waals surface area contributed by atoms with Gasteiger partial charge in [-0.15, -0.1) is 0 Å². The molecule has 1 aromatic rings. The van der Waals surface area contributed by atoms with Crippen molar-refractivity contribution in [2.45, 2.75) is 6.82 Å². The van der Waals surface area contributed by atoms with Crippen molar-refractivity contribution >= 4 is 33.2 Å². The summed E-state index contributed by atoms with van der Waals surface area (Å²) >= 11 is 0. The lowest BCUT2D eigenvalue weighted by atomic mass is 10.0. The summed E-state index contributed by atoms with van der Waals surface area (Å²) in [6.07, 6.45) is 0. The Hall–Kier alpha value is -1.46. The lowest BCUT2D eigenvalue weighted by molar-refractivity contribution is 1.07. The van der Waals surface area contributed by atoms with Crippen LogP contribution in [0.25, 0.3) is 0 Å². The molecule has 0 aliphatic rings. The molecule has 3 radical (unpaired) electrons. The first-order valence-corrected chi connectivity index (χ1v) is 3.75. The van der Waals surface area contributed by atoms with E-state index in [1.165, 1.54) is 0 Å². The summed E-state index contributed by atoms with van der Waals surface area (Å²) in [7, 11) is 8.60. The number of nitrogens with one attached hydrogen (secondary N) is 3. The van der Waals surface area contributed by atoms with Gasteiger partial charge in [-0.1, -0.05) is 6.82 Å². The molecule has 0 amide bonds. The zero-order valence-corrected chi connectivity index (χ0v) is 7.50. The van der Waals surface area contributed by atoms with E-state index in [9.17, 15) is 0 Å². The van der Waals surface area contributed by atoms with E-state index in [1.54, 1.807) is 14.5 Å². The van der Waals surface area contributed by atoms with E-state index in [-0.39, 0.29) is 0 Å². The Morgan fingerprint density at radius 3 is 2.31 bits per heavy atom. The number of aromatic nitrogens is 3. The van der Waals surface area contributed by atoms with Crippen molar-refractivity contribution in [3.05, 3.63) is 0 Å². The van der Waals surface area contributed by atoms with E-state index in [2.05, 4.69) is 30.7 Å². The van der Waals surface area contributed by atoms with Gasteiger partial charge in [-0.05, 0) is 0 Å². The first-order valence-electron chi connectivity index (χ1n) is 3.75. The molecule has 0 spiro atoms. The van der Waals surface area contributed by atoms with Crippen molar-refractivity contribution in [3.8, 4) is 0 Å². The van der Waals surface area contributed by atoms with Crippen LogP contribution in [0.5, 0.6) is 0 Å². The molecule has 6 nitrogen and oxygen atoms in total. The molecule has 1 heterocycles. The molecule has 0 aliphatic heterocycles. The Morgan fingerprint density at radius 2 is 1.77 bits per heavy atom. The van der Waals surface area contributed by atoms with Gasteiger partial charge in [0, 0.05) is 7.05 Å². The molecule has 1 aromatic heterocycles. The van der Waals surface area contributed by atoms with Gasteiger partial charge in [0.05, 0.1) is 0 Å². The highest BCUT2D eigenvalue weighted by atomic mass is 15.2. The summed E-state index contributed by atoms with van der Waals surface area (Å²) in [5.41, 5.74) is 0. The molecule has 0 saturated heterocycles. The second-order valence-corrected chi connectivity index (χ2v) is 2.13. The van der Waals surface area contributed by atoms with Crippen LogP contribution in [-0.4, -0.2) is 37.4 Å². The van der Waals surface area contributed by atoms with E-state index in [0.717, 1.165) is 0 Å². The smallest absolute Gasteiger partial charge is 0.243 e. The van der Waals surface area contributed by atoms with Crippen LogP contribution in [-0.2, 0) is 0 Å². The summed E-state index contributed by atoms with van der Waals surface area (Å²) in [5, 5.41) is 7.97. The third kappa shape index (κ3) is 2.50. The highest BCUT2D eigenvalue weighted by Gasteiger charge is 2.01. The van der Waals surface area contributed by atoms with Crippen LogP contribution in [0.2, 0.25) is 6.82 Å². The standard InChI is InChI=1S/C5H9B2N6/c1-7-13-5-10-3(8-2)9-4(11-5)12-6/h1-2H3,(H3,8,9,10,11,12,13). The molecular weight excluding hydrogens is 166 g/mol. The Morgan fingerprint density at radius 1 is 1.15 bits per heavy atom. The van der Waals surface area contributed by atoms with Crippen molar-refractivity contribution in [3.63, 3.8) is 0 Å². The number of rotatable bonds is 4. The quantitative estimate of drug-likeness (QED) is 0.534. The predicted octanol–water partition coefficient (Wildman–Crippen LogP) is -0.512. The van der Waals surface area contributed by atoms with E-state index in [0.29, 0.717) is 17.8 Å². The van der Waals surface area contributed by atoms with Crippen LogP contribution in [0.1, 0.15) is 0 Å². The number of anilines is 3. The minimum absolute atomic E-state index is 0.309. The van der Waals surface area contributed by atoms with Gasteiger partial charge < -0.3 is 15.8 Å². The molecule has 0 aromatic carbocycles. The lowest BCUT2D eigenvalue weighted by Gasteiger charge is -2.05. The minimum Gasteiger partial charge on any atom is -0.407 e. The van der Waals surface area contributed by atoms with Crippen molar-refractivity contribution in [1.29, 1.82) is 0 Å². The summed E-state index contributed by atoms with van der Waals surface area (Å²) in [4.78, 5) is 11.9. The molecule has 0 bridgehead atoms. The minimum atomic E-state index is 0.309. The molecule has 3 N–H and O–H groups in total. The van der Waals surface area contributed by atoms with Crippen molar-refractivity contribution in [1.82, 2.24) is 15.0 Å². The van der Waals surface area contributed by atoms with Gasteiger partial charge in [-0.3, -0.25) is 0 Å². The average Bonchev–Trinajstić information content (AvgIpc) is 2.17. The first-order chi connectivity index (χ1) is 6.30. The SMILES string of the molecule is [B]Nc1nc(NC)nc(N[B]C)n1. The molecule has 1 rings (SSSR count). The van der Waals surface area contributed by atoms with Gasteiger partial charge in [0.1, 0.15) is 0 Å². The van der Waals surface area contributed by atoms with Crippen molar-refractivity contribution in [2.24, 2.45) is 0 Å². The summed E-state index contributed by atoms with van der Waals surface area (Å²) in [5.74, 6) is 1.20. The zero-order valence-electron chi connectivity index (χ0n) is 7.50. The summed E-state index contributed by atoms with van der Waals surface area (Å²) in [6, 6.07) is 0. The molecule has 8 heteroatoms. The van der Waals surface area contributed by atoms with Gasteiger partial charge in [-0.25, -0.2) is 0 Å². The van der Waals surface area contributed by atoms with Crippen LogP contribution < -0.4 is 15.8 Å². The molecular formula is C5H9B2N6. The molecule has 13 heavy (non-hydrogen) atoms. The van der Waals surface area contributed by atoms with Crippen LogP contribution in [0.4, 0.5) is 17.8 Å². The second kappa shape index (κ2) is 4.54. The zero-order chi connectivity index (χ0) is 9.68. The van der Waals surface area contributed by atoms with Crippen molar-refractivity contribution in [2.75, 3.05) is 22.8 Å². The molecule has 0 atom stereocenters. The van der Waals surface area contributed by atoms with Gasteiger partial charge >= 0.3 is 0 Å². The van der Waals surface area contributed by atoms with Crippen LogP contribution in [0, 0.1) is 0 Å². The Balaban J connectivity index is 2.93. The molecule has 0 aliphatic carbocycles. The fourth-order valence-electron chi connectivity index (χ4n) is 0.746. The van der Waals surface area contributed by atoms with Gasteiger partial charge in [0.2, 0.25) is 33.2 Å². The fraction of sp³-hybridized carbons (Fsp3) is 0.400. The third-order valence-electron chi connectivity index (χ3n) is 1.26. The van der Waals surface area contributed by atoms with Crippen LogP contribution >= 0.6 is 0 Å². The third-order valence-corrected chi connectivity index (χ3v) is 1.26. The maximum atomic E-state index is 5.17. The normalized spacial score (nSPS) is 9.08. The van der Waals surface area contributed by atoms with Gasteiger partial charge in [-0.2, -0.15) is 15.0 Å². The van der Waals surface area contributed by atoms with Gasteiger partial charge in [0.25, 0.3) is 0 Å². The van der Waals surface area contributed by atoms with E-state index in [4.69, 9.17) is 7.98 Å². The number of hydrogen-bond acceptors (Lipinski definition) is 6. The Kier molecular flexibility index (Phi) is 3.36.